The van der Waals surface area contributed by atoms with Crippen molar-refractivity contribution in [2.24, 2.45) is 0 Å². The maximum atomic E-state index is 13.2. The zero-order valence-corrected chi connectivity index (χ0v) is 12.8. The Morgan fingerprint density at radius 3 is 2.22 bits per heavy atom. The van der Waals surface area contributed by atoms with Gasteiger partial charge >= 0.3 is 0 Å². The number of aliphatic hydroxyl groups is 1. The first-order valence-corrected chi connectivity index (χ1v) is 6.96. The number of aliphatic hydroxyl groups excluding tert-OH is 1. The van der Waals surface area contributed by atoms with Crippen molar-refractivity contribution in [1.82, 2.24) is 0 Å². The molecule has 0 saturated heterocycles. The second kappa shape index (κ2) is 5.51. The SMILES string of the molecule is Cc1cc(C(O)c2ccc(Br)c(Br)c2)ccc1F. The molecule has 0 aliphatic rings. The van der Waals surface area contributed by atoms with Gasteiger partial charge in [-0.25, -0.2) is 4.39 Å². The van der Waals surface area contributed by atoms with Crippen LogP contribution in [0.3, 0.4) is 0 Å². The highest BCUT2D eigenvalue weighted by atomic mass is 79.9. The Hall–Kier alpha value is -0.710. The highest BCUT2D eigenvalue weighted by Gasteiger charge is 2.12. The summed E-state index contributed by atoms with van der Waals surface area (Å²) in [5.41, 5.74) is 1.97. The molecular formula is C14H11Br2FO. The van der Waals surface area contributed by atoms with E-state index >= 15 is 0 Å². The molecule has 94 valence electrons. The van der Waals surface area contributed by atoms with Gasteiger partial charge in [-0.1, -0.05) is 18.2 Å². The lowest BCUT2D eigenvalue weighted by Gasteiger charge is -2.13. The Balaban J connectivity index is 2.37. The van der Waals surface area contributed by atoms with Crippen molar-refractivity contribution in [2.45, 2.75) is 13.0 Å². The predicted molar refractivity (Wildman–Crippen MR) is 77.0 cm³/mol. The first-order chi connectivity index (χ1) is 8.49. The minimum Gasteiger partial charge on any atom is -0.384 e. The fourth-order valence-electron chi connectivity index (χ4n) is 1.71. The van der Waals surface area contributed by atoms with Gasteiger partial charge in [0.15, 0.2) is 0 Å². The summed E-state index contributed by atoms with van der Waals surface area (Å²) in [6.45, 7) is 1.68. The summed E-state index contributed by atoms with van der Waals surface area (Å²) in [5, 5.41) is 10.3. The molecule has 18 heavy (non-hydrogen) atoms. The summed E-state index contributed by atoms with van der Waals surface area (Å²) < 4.78 is 15.0. The van der Waals surface area contributed by atoms with E-state index < -0.39 is 6.10 Å². The summed E-state index contributed by atoms with van der Waals surface area (Å²) in [6, 6.07) is 10.2. The number of halogens is 3. The molecular weight excluding hydrogens is 363 g/mol. The molecule has 0 radical (unpaired) electrons. The third-order valence-corrected chi connectivity index (χ3v) is 4.64. The highest BCUT2D eigenvalue weighted by Crippen LogP contribution is 2.29. The first-order valence-electron chi connectivity index (χ1n) is 5.38. The molecule has 0 bridgehead atoms. The zero-order valence-electron chi connectivity index (χ0n) is 9.62. The summed E-state index contributed by atoms with van der Waals surface area (Å²) in [6.07, 6.45) is -0.756. The molecule has 0 aromatic heterocycles. The maximum Gasteiger partial charge on any atom is 0.126 e. The molecule has 0 heterocycles. The van der Waals surface area contributed by atoms with Crippen molar-refractivity contribution >= 4 is 31.9 Å². The largest absolute Gasteiger partial charge is 0.384 e. The van der Waals surface area contributed by atoms with Gasteiger partial charge in [0.25, 0.3) is 0 Å². The second-order valence-electron chi connectivity index (χ2n) is 4.08. The Kier molecular flexibility index (Phi) is 4.20. The average molecular weight is 374 g/mol. The van der Waals surface area contributed by atoms with Gasteiger partial charge in [-0.05, 0) is 73.7 Å². The van der Waals surface area contributed by atoms with Gasteiger partial charge in [-0.2, -0.15) is 0 Å². The Labute approximate surface area is 122 Å². The monoisotopic (exact) mass is 372 g/mol. The fraction of sp³-hybridized carbons (Fsp3) is 0.143. The van der Waals surface area contributed by atoms with Crippen molar-refractivity contribution in [3.63, 3.8) is 0 Å². The molecule has 1 atom stereocenters. The lowest BCUT2D eigenvalue weighted by Crippen LogP contribution is -2.00. The van der Waals surface area contributed by atoms with E-state index in [1.807, 2.05) is 18.2 Å². The quantitative estimate of drug-likeness (QED) is 0.805. The molecule has 0 amide bonds. The standard InChI is InChI=1S/C14H11Br2FO/c1-8-6-9(3-5-13(8)17)14(18)10-2-4-11(15)12(16)7-10/h2-7,14,18H,1H3. The average Bonchev–Trinajstić information content (AvgIpc) is 2.35. The number of rotatable bonds is 2. The molecule has 2 rings (SSSR count). The van der Waals surface area contributed by atoms with Gasteiger partial charge in [0, 0.05) is 8.95 Å². The minimum absolute atomic E-state index is 0.261. The number of hydrogen-bond acceptors (Lipinski definition) is 1. The van der Waals surface area contributed by atoms with E-state index in [0.29, 0.717) is 11.1 Å². The fourth-order valence-corrected chi connectivity index (χ4v) is 2.36. The minimum atomic E-state index is -0.756. The second-order valence-corrected chi connectivity index (χ2v) is 5.79. The van der Waals surface area contributed by atoms with Crippen LogP contribution in [0.4, 0.5) is 4.39 Å². The lowest BCUT2D eigenvalue weighted by molar-refractivity contribution is 0.220. The van der Waals surface area contributed by atoms with Crippen molar-refractivity contribution in [2.75, 3.05) is 0 Å². The maximum absolute atomic E-state index is 13.2. The summed E-state index contributed by atoms with van der Waals surface area (Å²) in [7, 11) is 0. The molecule has 2 aromatic rings. The van der Waals surface area contributed by atoms with Crippen LogP contribution >= 0.6 is 31.9 Å². The smallest absolute Gasteiger partial charge is 0.126 e. The van der Waals surface area contributed by atoms with Crippen LogP contribution in [0.2, 0.25) is 0 Å². The predicted octanol–water partition coefficient (Wildman–Crippen LogP) is 4.74. The Bertz CT molecular complexity index is 533. The van der Waals surface area contributed by atoms with Crippen molar-refractivity contribution < 1.29 is 9.50 Å². The van der Waals surface area contributed by atoms with Gasteiger partial charge in [0.2, 0.25) is 0 Å². The molecule has 0 aliphatic heterocycles. The van der Waals surface area contributed by atoms with Gasteiger partial charge in [-0.15, -0.1) is 0 Å². The van der Waals surface area contributed by atoms with E-state index in [-0.39, 0.29) is 5.82 Å². The molecule has 0 spiro atoms. The van der Waals surface area contributed by atoms with E-state index in [1.54, 1.807) is 19.1 Å². The Morgan fingerprint density at radius 1 is 1.00 bits per heavy atom. The Morgan fingerprint density at radius 2 is 1.61 bits per heavy atom. The van der Waals surface area contributed by atoms with E-state index in [1.165, 1.54) is 6.07 Å². The topological polar surface area (TPSA) is 20.2 Å². The van der Waals surface area contributed by atoms with Crippen LogP contribution in [0.25, 0.3) is 0 Å². The van der Waals surface area contributed by atoms with Crippen LogP contribution in [0.5, 0.6) is 0 Å². The van der Waals surface area contributed by atoms with Gasteiger partial charge < -0.3 is 5.11 Å². The zero-order chi connectivity index (χ0) is 13.3. The van der Waals surface area contributed by atoms with E-state index in [2.05, 4.69) is 31.9 Å². The number of hydrogen-bond donors (Lipinski definition) is 1. The normalized spacial score (nSPS) is 12.5. The molecule has 1 N–H and O–H groups in total. The molecule has 1 nitrogen and oxygen atoms in total. The molecule has 0 fully saturated rings. The van der Waals surface area contributed by atoms with Crippen LogP contribution in [0, 0.1) is 12.7 Å². The van der Waals surface area contributed by atoms with Gasteiger partial charge in [-0.3, -0.25) is 0 Å². The molecule has 0 aliphatic carbocycles. The van der Waals surface area contributed by atoms with Crippen molar-refractivity contribution in [3.05, 3.63) is 67.9 Å². The highest BCUT2D eigenvalue weighted by molar-refractivity contribution is 9.13. The van der Waals surface area contributed by atoms with E-state index in [4.69, 9.17) is 0 Å². The van der Waals surface area contributed by atoms with Gasteiger partial charge in [0.05, 0.1) is 0 Å². The first kappa shape index (κ1) is 13.7. The van der Waals surface area contributed by atoms with Crippen molar-refractivity contribution in [3.8, 4) is 0 Å². The van der Waals surface area contributed by atoms with E-state index in [0.717, 1.165) is 14.5 Å². The molecule has 4 heteroatoms. The number of benzene rings is 2. The van der Waals surface area contributed by atoms with E-state index in [9.17, 15) is 9.50 Å². The molecule has 0 saturated carbocycles. The van der Waals surface area contributed by atoms with Crippen LogP contribution in [0.1, 0.15) is 22.8 Å². The summed E-state index contributed by atoms with van der Waals surface area (Å²) >= 11 is 6.77. The summed E-state index contributed by atoms with van der Waals surface area (Å²) in [4.78, 5) is 0. The van der Waals surface area contributed by atoms with Crippen LogP contribution in [-0.4, -0.2) is 5.11 Å². The molecule has 2 aromatic carbocycles. The van der Waals surface area contributed by atoms with Gasteiger partial charge in [0.1, 0.15) is 11.9 Å². The van der Waals surface area contributed by atoms with Crippen molar-refractivity contribution in [1.29, 1.82) is 0 Å². The van der Waals surface area contributed by atoms with Crippen LogP contribution in [-0.2, 0) is 0 Å². The lowest BCUT2D eigenvalue weighted by atomic mass is 10.00. The summed E-state index contributed by atoms with van der Waals surface area (Å²) in [5.74, 6) is -0.261. The third-order valence-electron chi connectivity index (χ3n) is 2.76. The van der Waals surface area contributed by atoms with Crippen LogP contribution in [0.15, 0.2) is 45.3 Å². The third kappa shape index (κ3) is 2.82. The molecule has 1 unspecified atom stereocenters. The van der Waals surface area contributed by atoms with Crippen LogP contribution < -0.4 is 0 Å². The number of aryl methyl sites for hydroxylation is 1.